The third kappa shape index (κ3) is 4.23. The van der Waals surface area contributed by atoms with Gasteiger partial charge < -0.3 is 16.0 Å². The third-order valence-electron chi connectivity index (χ3n) is 5.32. The van der Waals surface area contributed by atoms with Gasteiger partial charge in [-0.2, -0.15) is 9.97 Å². The van der Waals surface area contributed by atoms with Crippen molar-refractivity contribution in [2.45, 2.75) is 19.9 Å². The van der Waals surface area contributed by atoms with Gasteiger partial charge in [0.1, 0.15) is 16.9 Å². The quantitative estimate of drug-likeness (QED) is 0.379. The van der Waals surface area contributed by atoms with Crippen LogP contribution in [0.5, 0.6) is 0 Å². The van der Waals surface area contributed by atoms with Crippen LogP contribution in [0.25, 0.3) is 27.8 Å². The first-order valence-electron chi connectivity index (χ1n) is 10.6. The molecular weight excluding hydrogens is 452 g/mol. The largest absolute Gasteiger partial charge is 0.368 e. The molecule has 0 spiro atoms. The van der Waals surface area contributed by atoms with Gasteiger partial charge in [0.25, 0.3) is 5.56 Å². The lowest BCUT2D eigenvalue weighted by atomic mass is 10.0. The summed E-state index contributed by atoms with van der Waals surface area (Å²) >= 11 is 6.24. The Morgan fingerprint density at radius 2 is 1.97 bits per heavy atom. The molecule has 4 N–H and O–H groups in total. The highest BCUT2D eigenvalue weighted by Crippen LogP contribution is 2.28. The third-order valence-corrected chi connectivity index (χ3v) is 5.51. The standard InChI is InChI=1S/C25H23ClN6O2/c1-4-8-16-13-18(32(17-9-6-5-7-10-17)24(34)20(16)14(2)26)15(3)29-23-21-19(33)11-12-28-22(21)30-25(27)31-23/h4-13,15H,2H2,1,3H3,(H4,27,28,29,30,31,33)/b8-4-/t15-/m0/s1. The number of allylic oxidation sites excluding steroid dienone is 1. The number of nitrogen functional groups attached to an aromatic ring is 1. The molecule has 0 saturated heterocycles. The van der Waals surface area contributed by atoms with Crippen LogP contribution in [-0.4, -0.2) is 19.5 Å². The van der Waals surface area contributed by atoms with Crippen molar-refractivity contribution in [2.24, 2.45) is 0 Å². The van der Waals surface area contributed by atoms with Crippen molar-refractivity contribution in [3.05, 3.63) is 98.7 Å². The van der Waals surface area contributed by atoms with Gasteiger partial charge in [0.2, 0.25) is 5.95 Å². The molecule has 0 aliphatic heterocycles. The van der Waals surface area contributed by atoms with E-state index in [2.05, 4.69) is 26.8 Å². The van der Waals surface area contributed by atoms with E-state index in [0.717, 1.165) is 0 Å². The van der Waals surface area contributed by atoms with Crippen LogP contribution in [0.1, 0.15) is 36.7 Å². The van der Waals surface area contributed by atoms with Gasteiger partial charge in [-0.1, -0.05) is 48.5 Å². The molecule has 0 fully saturated rings. The van der Waals surface area contributed by atoms with E-state index in [9.17, 15) is 9.59 Å². The number of nitrogens with zero attached hydrogens (tertiary/aromatic N) is 3. The molecular formula is C25H23ClN6O2. The predicted molar refractivity (Wildman–Crippen MR) is 138 cm³/mol. The van der Waals surface area contributed by atoms with Crippen LogP contribution in [0, 0.1) is 0 Å². The number of nitrogens with two attached hydrogens (primary N) is 1. The topological polar surface area (TPSA) is 119 Å². The average Bonchev–Trinajstić information content (AvgIpc) is 2.79. The van der Waals surface area contributed by atoms with Crippen molar-refractivity contribution < 1.29 is 0 Å². The molecule has 3 aromatic heterocycles. The summed E-state index contributed by atoms with van der Waals surface area (Å²) in [5.74, 6) is 0.273. The van der Waals surface area contributed by atoms with Crippen LogP contribution < -0.4 is 22.0 Å². The highest BCUT2D eigenvalue weighted by atomic mass is 35.5. The molecule has 4 aromatic rings. The Morgan fingerprint density at radius 3 is 2.65 bits per heavy atom. The van der Waals surface area contributed by atoms with Crippen LogP contribution in [0.2, 0.25) is 0 Å². The Morgan fingerprint density at radius 1 is 1.24 bits per heavy atom. The number of fused-ring (bicyclic) bond motifs is 1. The van der Waals surface area contributed by atoms with Crippen molar-refractivity contribution in [3.8, 4) is 5.69 Å². The van der Waals surface area contributed by atoms with E-state index >= 15 is 0 Å². The minimum absolute atomic E-state index is 0.00731. The van der Waals surface area contributed by atoms with E-state index in [1.165, 1.54) is 12.3 Å². The lowest BCUT2D eigenvalue weighted by Gasteiger charge is -2.23. The van der Waals surface area contributed by atoms with Gasteiger partial charge in [-0.25, -0.2) is 0 Å². The number of para-hydroxylation sites is 1. The first-order valence-corrected chi connectivity index (χ1v) is 10.9. The molecule has 34 heavy (non-hydrogen) atoms. The fourth-order valence-electron chi connectivity index (χ4n) is 3.87. The summed E-state index contributed by atoms with van der Waals surface area (Å²) in [5, 5.41) is 3.67. The lowest BCUT2D eigenvalue weighted by Crippen LogP contribution is -2.28. The predicted octanol–water partition coefficient (Wildman–Crippen LogP) is 4.47. The Bertz CT molecular complexity index is 1540. The van der Waals surface area contributed by atoms with E-state index in [1.54, 1.807) is 10.6 Å². The molecule has 9 heteroatoms. The number of aromatic amines is 1. The maximum Gasteiger partial charge on any atom is 0.264 e. The highest BCUT2D eigenvalue weighted by Gasteiger charge is 2.21. The smallest absolute Gasteiger partial charge is 0.264 e. The number of pyridine rings is 2. The molecule has 0 amide bonds. The van der Waals surface area contributed by atoms with Gasteiger partial charge in [-0.15, -0.1) is 0 Å². The van der Waals surface area contributed by atoms with Gasteiger partial charge >= 0.3 is 0 Å². The molecule has 0 radical (unpaired) electrons. The molecule has 4 rings (SSSR count). The van der Waals surface area contributed by atoms with Gasteiger partial charge in [0.05, 0.1) is 11.6 Å². The minimum Gasteiger partial charge on any atom is -0.368 e. The van der Waals surface area contributed by atoms with E-state index in [1.807, 2.05) is 56.3 Å². The maximum absolute atomic E-state index is 13.7. The number of rotatable bonds is 6. The van der Waals surface area contributed by atoms with E-state index in [0.29, 0.717) is 28.2 Å². The molecule has 0 unspecified atom stereocenters. The zero-order valence-electron chi connectivity index (χ0n) is 18.7. The summed E-state index contributed by atoms with van der Waals surface area (Å²) in [4.78, 5) is 37.5. The number of hydrogen-bond acceptors (Lipinski definition) is 6. The zero-order chi connectivity index (χ0) is 24.4. The Balaban J connectivity index is 1.96. The van der Waals surface area contributed by atoms with Crippen LogP contribution >= 0.6 is 11.6 Å². The SMILES string of the molecule is C=C(Cl)c1c(/C=C\C)cc([C@H](C)Nc2nc(N)nc3[nH]ccc(=O)c23)n(-c2ccccc2)c1=O. The van der Waals surface area contributed by atoms with Crippen LogP contribution in [0.3, 0.4) is 0 Å². The fourth-order valence-corrected chi connectivity index (χ4v) is 4.06. The molecule has 0 saturated carbocycles. The zero-order valence-corrected chi connectivity index (χ0v) is 19.4. The molecule has 0 bridgehead atoms. The van der Waals surface area contributed by atoms with E-state index < -0.39 is 6.04 Å². The van der Waals surface area contributed by atoms with Crippen LogP contribution in [-0.2, 0) is 0 Å². The van der Waals surface area contributed by atoms with Gasteiger partial charge in [-0.3, -0.25) is 14.2 Å². The van der Waals surface area contributed by atoms with Crippen molar-refractivity contribution in [1.82, 2.24) is 19.5 Å². The summed E-state index contributed by atoms with van der Waals surface area (Å²) in [6.07, 6.45) is 5.13. The number of H-pyrrole nitrogens is 1. The Kier molecular flexibility index (Phi) is 6.34. The van der Waals surface area contributed by atoms with E-state index in [-0.39, 0.29) is 33.2 Å². The Hall–Kier alpha value is -4.17. The summed E-state index contributed by atoms with van der Waals surface area (Å²) < 4.78 is 1.57. The van der Waals surface area contributed by atoms with Gasteiger partial charge in [0, 0.05) is 28.7 Å². The summed E-state index contributed by atoms with van der Waals surface area (Å²) in [5.41, 5.74) is 7.86. The minimum atomic E-state index is -0.466. The lowest BCUT2D eigenvalue weighted by molar-refractivity contribution is 0.766. The van der Waals surface area contributed by atoms with Gasteiger partial charge in [0.15, 0.2) is 5.43 Å². The van der Waals surface area contributed by atoms with Crippen molar-refractivity contribution in [1.29, 1.82) is 0 Å². The summed E-state index contributed by atoms with van der Waals surface area (Å²) in [6.45, 7) is 7.51. The second-order valence-corrected chi connectivity index (χ2v) is 8.10. The molecule has 0 aliphatic rings. The van der Waals surface area contributed by atoms with Crippen molar-refractivity contribution >= 4 is 45.5 Å². The maximum atomic E-state index is 13.7. The number of benzene rings is 1. The number of hydrogen-bond donors (Lipinski definition) is 3. The second-order valence-electron chi connectivity index (χ2n) is 7.64. The molecule has 8 nitrogen and oxygen atoms in total. The first-order chi connectivity index (χ1) is 16.3. The van der Waals surface area contributed by atoms with E-state index in [4.69, 9.17) is 17.3 Å². The second kappa shape index (κ2) is 9.36. The van der Waals surface area contributed by atoms with Crippen LogP contribution in [0.4, 0.5) is 11.8 Å². The number of halogens is 1. The molecule has 172 valence electrons. The van der Waals surface area contributed by atoms with Crippen molar-refractivity contribution in [3.63, 3.8) is 0 Å². The Labute approximate surface area is 200 Å². The van der Waals surface area contributed by atoms with Gasteiger partial charge in [-0.05, 0) is 37.6 Å². The number of aromatic nitrogens is 4. The molecule has 0 aliphatic carbocycles. The highest BCUT2D eigenvalue weighted by molar-refractivity contribution is 6.48. The summed E-state index contributed by atoms with van der Waals surface area (Å²) in [7, 11) is 0. The molecule has 1 atom stereocenters. The van der Waals surface area contributed by atoms with Crippen LogP contribution in [0.15, 0.2) is 70.9 Å². The fraction of sp³-hybridized carbons (Fsp3) is 0.120. The molecule has 1 aromatic carbocycles. The van der Waals surface area contributed by atoms with Crippen molar-refractivity contribution in [2.75, 3.05) is 11.1 Å². The summed E-state index contributed by atoms with van der Waals surface area (Å²) in [6, 6.07) is 12.0. The normalized spacial score (nSPS) is 12.2. The molecule has 3 heterocycles. The monoisotopic (exact) mass is 474 g/mol. The average molecular weight is 475 g/mol. The number of nitrogens with one attached hydrogen (secondary N) is 2. The first kappa shape index (κ1) is 23.0. The number of anilines is 2.